The van der Waals surface area contributed by atoms with Crippen LogP contribution in [0.25, 0.3) is 0 Å². The van der Waals surface area contributed by atoms with Gasteiger partial charge in [0.25, 0.3) is 0 Å². The highest BCUT2D eigenvalue weighted by Gasteiger charge is 2.34. The fourth-order valence-electron chi connectivity index (χ4n) is 2.63. The Bertz CT molecular complexity index is 562. The van der Waals surface area contributed by atoms with Crippen molar-refractivity contribution in [3.8, 4) is 0 Å². The van der Waals surface area contributed by atoms with Crippen LogP contribution < -0.4 is 0 Å². The molecule has 2 rings (SSSR count). The first kappa shape index (κ1) is 16.1. The van der Waals surface area contributed by atoms with Crippen molar-refractivity contribution in [3.63, 3.8) is 0 Å². The van der Waals surface area contributed by atoms with E-state index in [4.69, 9.17) is 23.2 Å². The number of benzene rings is 1. The number of halogens is 2. The van der Waals surface area contributed by atoms with Crippen LogP contribution in [-0.2, 0) is 9.59 Å². The molecule has 0 saturated carbocycles. The average molecular weight is 330 g/mol. The number of amides is 1. The molecule has 1 unspecified atom stereocenters. The van der Waals surface area contributed by atoms with Gasteiger partial charge in [0.05, 0.1) is 16.0 Å². The minimum Gasteiger partial charge on any atom is -0.480 e. The Morgan fingerprint density at radius 2 is 2.00 bits per heavy atom. The number of carbonyl (C=O) groups is 2. The van der Waals surface area contributed by atoms with Gasteiger partial charge in [-0.2, -0.15) is 0 Å². The molecule has 1 aromatic carbocycles. The molecule has 0 radical (unpaired) electrons. The van der Waals surface area contributed by atoms with Crippen LogP contribution in [0.1, 0.15) is 37.7 Å². The van der Waals surface area contributed by atoms with Crippen molar-refractivity contribution in [1.82, 2.24) is 4.90 Å². The van der Waals surface area contributed by atoms with Gasteiger partial charge in [-0.05, 0) is 43.9 Å². The van der Waals surface area contributed by atoms with Gasteiger partial charge < -0.3 is 10.0 Å². The van der Waals surface area contributed by atoms with Gasteiger partial charge in [-0.1, -0.05) is 29.3 Å². The predicted octanol–water partition coefficient (Wildman–Crippen LogP) is 3.56. The van der Waals surface area contributed by atoms with E-state index in [2.05, 4.69) is 0 Å². The Morgan fingerprint density at radius 3 is 2.62 bits per heavy atom. The maximum absolute atomic E-state index is 12.6. The lowest BCUT2D eigenvalue weighted by Gasteiger charge is -2.34. The number of piperidine rings is 1. The summed E-state index contributed by atoms with van der Waals surface area (Å²) in [5, 5.41) is 10.1. The summed E-state index contributed by atoms with van der Waals surface area (Å²) in [4.78, 5) is 25.4. The van der Waals surface area contributed by atoms with E-state index in [0.29, 0.717) is 23.0 Å². The number of carbonyl (C=O) groups excluding carboxylic acids is 1. The number of nitrogens with zero attached hydrogens (tertiary/aromatic N) is 1. The van der Waals surface area contributed by atoms with Crippen LogP contribution in [0.15, 0.2) is 18.2 Å². The van der Waals surface area contributed by atoms with Crippen molar-refractivity contribution in [2.45, 2.75) is 38.1 Å². The number of carboxylic acids is 1. The number of carboxylic acid groups (broad SMARTS) is 1. The molecule has 1 aromatic rings. The first-order chi connectivity index (χ1) is 9.91. The van der Waals surface area contributed by atoms with Gasteiger partial charge in [0.2, 0.25) is 5.91 Å². The summed E-state index contributed by atoms with van der Waals surface area (Å²) in [6, 6.07) is 4.33. The van der Waals surface area contributed by atoms with Gasteiger partial charge >= 0.3 is 5.97 Å². The van der Waals surface area contributed by atoms with Crippen LogP contribution in [0.5, 0.6) is 0 Å². The first-order valence-corrected chi connectivity index (χ1v) is 7.65. The Balaban J connectivity index is 2.20. The van der Waals surface area contributed by atoms with E-state index in [-0.39, 0.29) is 5.91 Å². The third kappa shape index (κ3) is 3.50. The average Bonchev–Trinajstić information content (AvgIpc) is 2.48. The number of likely N-dealkylation sites (tertiary alicyclic amines) is 1. The van der Waals surface area contributed by atoms with Crippen LogP contribution >= 0.6 is 23.2 Å². The van der Waals surface area contributed by atoms with Crippen LogP contribution in [0, 0.1) is 0 Å². The molecule has 1 fully saturated rings. The molecule has 0 spiro atoms. The first-order valence-electron chi connectivity index (χ1n) is 6.90. The van der Waals surface area contributed by atoms with Gasteiger partial charge in [0, 0.05) is 6.54 Å². The van der Waals surface area contributed by atoms with Crippen LogP contribution in [0.2, 0.25) is 10.0 Å². The highest BCUT2D eigenvalue weighted by atomic mass is 35.5. The zero-order chi connectivity index (χ0) is 15.6. The van der Waals surface area contributed by atoms with Crippen molar-refractivity contribution in [2.24, 2.45) is 0 Å². The summed E-state index contributed by atoms with van der Waals surface area (Å²) >= 11 is 11.8. The summed E-state index contributed by atoms with van der Waals surface area (Å²) < 4.78 is 0. The van der Waals surface area contributed by atoms with E-state index in [0.717, 1.165) is 18.4 Å². The Hall–Kier alpha value is -1.26. The third-order valence-electron chi connectivity index (χ3n) is 3.89. The maximum Gasteiger partial charge on any atom is 0.326 e. The van der Waals surface area contributed by atoms with Gasteiger partial charge in [-0.25, -0.2) is 4.79 Å². The van der Waals surface area contributed by atoms with Crippen molar-refractivity contribution in [3.05, 3.63) is 33.8 Å². The molecule has 21 heavy (non-hydrogen) atoms. The van der Waals surface area contributed by atoms with Crippen molar-refractivity contribution < 1.29 is 14.7 Å². The lowest BCUT2D eigenvalue weighted by molar-refractivity contribution is -0.152. The molecular formula is C15H17Cl2NO3. The van der Waals surface area contributed by atoms with Gasteiger partial charge in [-0.15, -0.1) is 0 Å². The molecule has 0 aliphatic carbocycles. The molecule has 2 atom stereocenters. The van der Waals surface area contributed by atoms with Gasteiger partial charge in [0.15, 0.2) is 0 Å². The van der Waals surface area contributed by atoms with Crippen LogP contribution in [0.3, 0.4) is 0 Å². The largest absolute Gasteiger partial charge is 0.480 e. The summed E-state index contributed by atoms with van der Waals surface area (Å²) in [7, 11) is 0. The summed E-state index contributed by atoms with van der Waals surface area (Å²) in [6.07, 6.45) is 2.18. The zero-order valence-corrected chi connectivity index (χ0v) is 13.2. The zero-order valence-electron chi connectivity index (χ0n) is 11.7. The Labute approximate surface area is 133 Å². The third-order valence-corrected chi connectivity index (χ3v) is 4.62. The topological polar surface area (TPSA) is 57.6 Å². The fraction of sp³-hybridized carbons (Fsp3) is 0.467. The highest BCUT2D eigenvalue weighted by molar-refractivity contribution is 6.42. The summed E-state index contributed by atoms with van der Waals surface area (Å²) in [5.41, 5.74) is 0.740. The molecule has 1 amide bonds. The molecule has 1 aliphatic heterocycles. The van der Waals surface area contributed by atoms with E-state index >= 15 is 0 Å². The smallest absolute Gasteiger partial charge is 0.326 e. The molecule has 0 bridgehead atoms. The van der Waals surface area contributed by atoms with Crippen LogP contribution in [-0.4, -0.2) is 34.5 Å². The van der Waals surface area contributed by atoms with Crippen LogP contribution in [0.4, 0.5) is 0 Å². The quantitative estimate of drug-likeness (QED) is 0.922. The molecule has 4 nitrogen and oxygen atoms in total. The lowest BCUT2D eigenvalue weighted by atomic mass is 9.95. The number of rotatable bonds is 3. The highest BCUT2D eigenvalue weighted by Crippen LogP contribution is 2.29. The Kier molecular flexibility index (Phi) is 5.12. The molecule has 6 heteroatoms. The summed E-state index contributed by atoms with van der Waals surface area (Å²) in [6.45, 7) is 2.25. The maximum atomic E-state index is 12.6. The van der Waals surface area contributed by atoms with E-state index in [1.807, 2.05) is 0 Å². The molecule has 1 N–H and O–H groups in total. The summed E-state index contributed by atoms with van der Waals surface area (Å²) in [5.74, 6) is -1.57. The molecular weight excluding hydrogens is 313 g/mol. The predicted molar refractivity (Wildman–Crippen MR) is 81.9 cm³/mol. The van der Waals surface area contributed by atoms with Gasteiger partial charge in [-0.3, -0.25) is 4.79 Å². The van der Waals surface area contributed by atoms with E-state index in [1.165, 1.54) is 4.90 Å². The van der Waals surface area contributed by atoms with E-state index in [1.54, 1.807) is 25.1 Å². The number of aliphatic carboxylic acids is 1. The molecule has 1 heterocycles. The second-order valence-corrected chi connectivity index (χ2v) is 6.09. The monoisotopic (exact) mass is 329 g/mol. The second-order valence-electron chi connectivity index (χ2n) is 5.28. The van der Waals surface area contributed by atoms with Crippen molar-refractivity contribution in [1.29, 1.82) is 0 Å². The van der Waals surface area contributed by atoms with Crippen molar-refractivity contribution >= 4 is 35.1 Å². The lowest BCUT2D eigenvalue weighted by Crippen LogP contribution is -2.49. The van der Waals surface area contributed by atoms with Crippen molar-refractivity contribution in [2.75, 3.05) is 6.54 Å². The normalized spacial score (nSPS) is 20.1. The van der Waals surface area contributed by atoms with E-state index in [9.17, 15) is 14.7 Å². The molecule has 1 aliphatic rings. The standard InChI is InChI=1S/C15H17Cl2NO3/c1-9(10-5-6-11(16)12(17)8-10)14(19)18-7-3-2-4-13(18)15(20)21/h5-6,8-9,13H,2-4,7H2,1H3,(H,20,21)/t9?,13-/m1/s1. The van der Waals surface area contributed by atoms with E-state index < -0.39 is 17.9 Å². The molecule has 0 aromatic heterocycles. The number of hydrogen-bond donors (Lipinski definition) is 1. The minimum absolute atomic E-state index is 0.180. The Morgan fingerprint density at radius 1 is 1.29 bits per heavy atom. The van der Waals surface area contributed by atoms with Gasteiger partial charge in [0.1, 0.15) is 6.04 Å². The molecule has 114 valence electrons. The molecule has 1 saturated heterocycles. The minimum atomic E-state index is -0.940. The number of hydrogen-bond acceptors (Lipinski definition) is 2. The second kappa shape index (κ2) is 6.67. The fourth-order valence-corrected chi connectivity index (χ4v) is 2.93. The SMILES string of the molecule is CC(C(=O)N1CCCC[C@@H]1C(=O)O)c1ccc(Cl)c(Cl)c1.